The van der Waals surface area contributed by atoms with Gasteiger partial charge in [0.15, 0.2) is 0 Å². The zero-order chi connectivity index (χ0) is 11.8. The second kappa shape index (κ2) is 4.67. The van der Waals surface area contributed by atoms with Crippen molar-refractivity contribution < 1.29 is 9.50 Å². The second-order valence-electron chi connectivity index (χ2n) is 4.28. The molecule has 88 valence electrons. The second-order valence-corrected chi connectivity index (χ2v) is 6.64. The molecule has 1 aromatic rings. The van der Waals surface area contributed by atoms with Gasteiger partial charge in [0.25, 0.3) is 0 Å². The van der Waals surface area contributed by atoms with Gasteiger partial charge in [-0.05, 0) is 35.9 Å². The Bertz CT molecular complexity index is 399. The Hall–Kier alpha value is -0.0600. The Morgan fingerprint density at radius 3 is 3.00 bits per heavy atom. The highest BCUT2D eigenvalue weighted by atomic mass is 79.9. The minimum absolute atomic E-state index is 0.172. The van der Waals surface area contributed by atoms with Crippen molar-refractivity contribution in [2.75, 3.05) is 5.75 Å². The Morgan fingerprint density at radius 2 is 2.38 bits per heavy atom. The van der Waals surface area contributed by atoms with Crippen LogP contribution in [-0.4, -0.2) is 21.7 Å². The minimum atomic E-state index is -0.758. The average Bonchev–Trinajstić information content (AvgIpc) is 2.53. The van der Waals surface area contributed by atoms with Gasteiger partial charge in [-0.3, -0.25) is 0 Å². The fourth-order valence-electron chi connectivity index (χ4n) is 2.01. The molecule has 0 aromatic heterocycles. The zero-order valence-corrected chi connectivity index (χ0v) is 11.4. The first-order valence-corrected chi connectivity index (χ1v) is 7.13. The molecule has 0 amide bonds. The van der Waals surface area contributed by atoms with Crippen molar-refractivity contribution in [3.8, 4) is 0 Å². The Labute approximate surface area is 108 Å². The predicted molar refractivity (Wildman–Crippen MR) is 69.3 cm³/mol. The Kier molecular flexibility index (Phi) is 3.62. The maximum absolute atomic E-state index is 13.6. The first-order valence-electron chi connectivity index (χ1n) is 5.29. The summed E-state index contributed by atoms with van der Waals surface area (Å²) < 4.78 is 14.4. The molecular formula is C12H14BrFOS. The molecule has 1 nitrogen and oxygen atoms in total. The molecule has 1 aromatic carbocycles. The molecule has 1 N–H and O–H groups in total. The van der Waals surface area contributed by atoms with Crippen molar-refractivity contribution in [1.29, 1.82) is 0 Å². The molecule has 0 aliphatic carbocycles. The van der Waals surface area contributed by atoms with Crippen molar-refractivity contribution >= 4 is 27.7 Å². The highest BCUT2D eigenvalue weighted by Gasteiger charge is 2.39. The lowest BCUT2D eigenvalue weighted by Crippen LogP contribution is -2.37. The Balaban J connectivity index is 2.23. The molecule has 0 radical (unpaired) electrons. The highest BCUT2D eigenvalue weighted by Crippen LogP contribution is 2.38. The third-order valence-electron chi connectivity index (χ3n) is 3.16. The van der Waals surface area contributed by atoms with E-state index in [-0.39, 0.29) is 11.1 Å². The molecule has 2 rings (SSSR count). The number of hydrogen-bond donors (Lipinski definition) is 1. The molecule has 0 spiro atoms. The van der Waals surface area contributed by atoms with E-state index < -0.39 is 5.60 Å². The SMILES string of the molecule is CC1SCCC1(O)Cc1cc(Br)ccc1F. The Morgan fingerprint density at radius 1 is 1.62 bits per heavy atom. The molecule has 1 aliphatic heterocycles. The third kappa shape index (κ3) is 2.44. The van der Waals surface area contributed by atoms with Gasteiger partial charge in [-0.15, -0.1) is 0 Å². The molecule has 4 heteroatoms. The third-order valence-corrected chi connectivity index (χ3v) is 5.04. The van der Waals surface area contributed by atoms with Gasteiger partial charge in [0.05, 0.1) is 5.60 Å². The number of benzene rings is 1. The van der Waals surface area contributed by atoms with Crippen molar-refractivity contribution in [1.82, 2.24) is 0 Å². The summed E-state index contributed by atoms with van der Waals surface area (Å²) >= 11 is 5.07. The summed E-state index contributed by atoms with van der Waals surface area (Å²) in [7, 11) is 0. The summed E-state index contributed by atoms with van der Waals surface area (Å²) in [5.41, 5.74) is -0.169. The van der Waals surface area contributed by atoms with E-state index in [2.05, 4.69) is 15.9 Å². The molecule has 1 aliphatic rings. The monoisotopic (exact) mass is 304 g/mol. The zero-order valence-electron chi connectivity index (χ0n) is 9.04. The van der Waals surface area contributed by atoms with Crippen LogP contribution in [0.1, 0.15) is 18.9 Å². The molecule has 0 bridgehead atoms. The summed E-state index contributed by atoms with van der Waals surface area (Å²) in [5.74, 6) is 0.716. The van der Waals surface area contributed by atoms with Gasteiger partial charge in [0.1, 0.15) is 5.82 Å². The molecule has 2 atom stereocenters. The van der Waals surface area contributed by atoms with Crippen molar-refractivity contribution in [3.05, 3.63) is 34.1 Å². The molecule has 1 heterocycles. The van der Waals surface area contributed by atoms with Gasteiger partial charge < -0.3 is 5.11 Å². The maximum atomic E-state index is 13.6. The van der Waals surface area contributed by atoms with E-state index in [0.717, 1.165) is 16.6 Å². The van der Waals surface area contributed by atoms with E-state index in [0.29, 0.717) is 12.0 Å². The van der Waals surface area contributed by atoms with E-state index >= 15 is 0 Å². The first kappa shape index (κ1) is 12.4. The number of hydrogen-bond acceptors (Lipinski definition) is 2. The van der Waals surface area contributed by atoms with Crippen LogP contribution < -0.4 is 0 Å². The predicted octanol–water partition coefficient (Wildman–Crippen LogP) is 3.39. The number of aliphatic hydroxyl groups is 1. The molecular weight excluding hydrogens is 291 g/mol. The van der Waals surface area contributed by atoms with Gasteiger partial charge in [-0.1, -0.05) is 22.9 Å². The van der Waals surface area contributed by atoms with E-state index in [9.17, 15) is 9.50 Å². The molecule has 1 saturated heterocycles. The minimum Gasteiger partial charge on any atom is -0.388 e. The van der Waals surface area contributed by atoms with Crippen molar-refractivity contribution in [2.24, 2.45) is 0 Å². The fourth-order valence-corrected chi connectivity index (χ4v) is 3.76. The average molecular weight is 305 g/mol. The normalized spacial score (nSPS) is 29.6. The van der Waals surface area contributed by atoms with E-state index in [1.54, 1.807) is 23.9 Å². The van der Waals surface area contributed by atoms with Gasteiger partial charge >= 0.3 is 0 Å². The van der Waals surface area contributed by atoms with Gasteiger partial charge in [0, 0.05) is 16.1 Å². The van der Waals surface area contributed by atoms with Crippen molar-refractivity contribution in [2.45, 2.75) is 30.6 Å². The van der Waals surface area contributed by atoms with Crippen LogP contribution in [0, 0.1) is 5.82 Å². The molecule has 1 fully saturated rings. The topological polar surface area (TPSA) is 20.2 Å². The molecule has 2 unspecified atom stereocenters. The largest absolute Gasteiger partial charge is 0.388 e. The van der Waals surface area contributed by atoms with Crippen molar-refractivity contribution in [3.63, 3.8) is 0 Å². The summed E-state index contributed by atoms with van der Waals surface area (Å²) in [6.07, 6.45) is 1.14. The van der Waals surface area contributed by atoms with Crippen LogP contribution in [-0.2, 0) is 6.42 Å². The number of halogens is 2. The lowest BCUT2D eigenvalue weighted by Gasteiger charge is -2.27. The van der Waals surface area contributed by atoms with Crippen LogP contribution >= 0.6 is 27.7 Å². The summed E-state index contributed by atoms with van der Waals surface area (Å²) in [6.45, 7) is 2.01. The highest BCUT2D eigenvalue weighted by molar-refractivity contribution is 9.10. The van der Waals surface area contributed by atoms with Gasteiger partial charge in [-0.2, -0.15) is 11.8 Å². The van der Waals surface area contributed by atoms with Crippen LogP contribution in [0.4, 0.5) is 4.39 Å². The van der Waals surface area contributed by atoms with Gasteiger partial charge in [-0.25, -0.2) is 4.39 Å². The van der Waals surface area contributed by atoms with E-state index in [4.69, 9.17) is 0 Å². The van der Waals surface area contributed by atoms with Crippen LogP contribution in [0.15, 0.2) is 22.7 Å². The summed E-state index contributed by atoms with van der Waals surface area (Å²) in [5, 5.41) is 10.6. The lowest BCUT2D eigenvalue weighted by atomic mass is 9.89. The van der Waals surface area contributed by atoms with Crippen LogP contribution in [0.3, 0.4) is 0 Å². The number of rotatable bonds is 2. The molecule has 0 saturated carbocycles. The number of thioether (sulfide) groups is 1. The van der Waals surface area contributed by atoms with Crippen LogP contribution in [0.5, 0.6) is 0 Å². The smallest absolute Gasteiger partial charge is 0.126 e. The van der Waals surface area contributed by atoms with Crippen LogP contribution in [0.2, 0.25) is 0 Å². The quantitative estimate of drug-likeness (QED) is 0.904. The fraction of sp³-hybridized carbons (Fsp3) is 0.500. The summed E-state index contributed by atoms with van der Waals surface area (Å²) in [6, 6.07) is 4.87. The standard InChI is InChI=1S/C12H14BrFOS/c1-8-12(15,4-5-16-8)7-9-6-10(13)2-3-11(9)14/h2-3,6,8,15H,4-5,7H2,1H3. The summed E-state index contributed by atoms with van der Waals surface area (Å²) in [4.78, 5) is 0. The van der Waals surface area contributed by atoms with Crippen LogP contribution in [0.25, 0.3) is 0 Å². The van der Waals surface area contributed by atoms with E-state index in [1.807, 2.05) is 6.92 Å². The van der Waals surface area contributed by atoms with E-state index in [1.165, 1.54) is 6.07 Å². The van der Waals surface area contributed by atoms with Gasteiger partial charge in [0.2, 0.25) is 0 Å². The first-order chi connectivity index (χ1) is 7.51. The lowest BCUT2D eigenvalue weighted by molar-refractivity contribution is 0.0456. The maximum Gasteiger partial charge on any atom is 0.126 e. The molecule has 16 heavy (non-hydrogen) atoms.